The maximum Gasteiger partial charge on any atom is 0.216 e. The fourth-order valence-electron chi connectivity index (χ4n) is 7.23. The Balaban J connectivity index is 1.17. The summed E-state index contributed by atoms with van der Waals surface area (Å²) in [4.78, 5) is 9.68. The Morgan fingerprint density at radius 1 is 1.11 bits per heavy atom. The van der Waals surface area contributed by atoms with Crippen molar-refractivity contribution in [2.45, 2.75) is 108 Å². The van der Waals surface area contributed by atoms with Crippen molar-refractivity contribution < 1.29 is 8.42 Å². The normalized spacial score (nSPS) is 35.3. The molecule has 5 rings (SSSR count). The number of hydrogen-bond donors (Lipinski definition) is 1. The first-order chi connectivity index (χ1) is 18.2. The Kier molecular flexibility index (Phi) is 8.70. The summed E-state index contributed by atoms with van der Waals surface area (Å²) in [6.45, 7) is 10.1. The standard InChI is InChI=1S/C28H49BN6O2S/c1-4-28(2,3)22-7-9-23(10-8-22)38(36,37)34-14-11-21(12-15-34)25-16-26(31-18-20-6-5-13-30-17-20)35-27(33-25)24(29)19-32-35/h13,19-24,26-27,31H,4-12,14-18,29H2,1-3H3. The molecule has 1 aliphatic carbocycles. The highest BCUT2D eigenvalue weighted by molar-refractivity contribution is 7.89. The van der Waals surface area contributed by atoms with Crippen molar-refractivity contribution in [3.63, 3.8) is 0 Å². The third-order valence-corrected chi connectivity index (χ3v) is 12.8. The Morgan fingerprint density at radius 2 is 1.84 bits per heavy atom. The quantitative estimate of drug-likeness (QED) is 0.475. The largest absolute Gasteiger partial charge is 0.297 e. The second kappa shape index (κ2) is 11.7. The van der Waals surface area contributed by atoms with Gasteiger partial charge in [-0.3, -0.25) is 20.3 Å². The number of sulfonamides is 1. The van der Waals surface area contributed by atoms with E-state index in [0.717, 1.165) is 70.9 Å². The first-order valence-electron chi connectivity index (χ1n) is 15.3. The molecule has 2 fully saturated rings. The van der Waals surface area contributed by atoms with Crippen LogP contribution in [-0.2, 0) is 10.0 Å². The Hall–Kier alpha value is -1.26. The first-order valence-corrected chi connectivity index (χ1v) is 16.8. The molecule has 0 amide bonds. The number of aliphatic imine (C=N–C) groups is 2. The van der Waals surface area contributed by atoms with E-state index in [1.807, 2.05) is 10.5 Å². The maximum atomic E-state index is 13.6. The highest BCUT2D eigenvalue weighted by Gasteiger charge is 2.42. The van der Waals surface area contributed by atoms with E-state index < -0.39 is 10.0 Å². The molecule has 0 aromatic carbocycles. The number of rotatable bonds is 8. The molecule has 1 saturated carbocycles. The molecule has 0 radical (unpaired) electrons. The maximum absolute atomic E-state index is 13.6. The van der Waals surface area contributed by atoms with Crippen molar-refractivity contribution in [2.24, 2.45) is 38.3 Å². The van der Waals surface area contributed by atoms with Crippen molar-refractivity contribution in [1.82, 2.24) is 14.6 Å². The summed E-state index contributed by atoms with van der Waals surface area (Å²) in [5, 5.41) is 10.5. The van der Waals surface area contributed by atoms with Gasteiger partial charge in [-0.1, -0.05) is 27.2 Å². The zero-order valence-corrected chi connectivity index (χ0v) is 24.9. The average Bonchev–Trinajstić information content (AvgIpc) is 3.33. The van der Waals surface area contributed by atoms with E-state index in [2.05, 4.69) is 50.2 Å². The SMILES string of the molecule is BC1C=NN2C(NCC3CCC=NC3)CC(C3CCN(S(=O)(=O)C4CCC(C(C)(C)CC)CC4)CC3)=NC12. The molecule has 10 heteroatoms. The van der Waals surface area contributed by atoms with Gasteiger partial charge < -0.3 is 0 Å². The summed E-state index contributed by atoms with van der Waals surface area (Å²) >= 11 is 0. The second-order valence-corrected chi connectivity index (χ2v) is 15.4. The summed E-state index contributed by atoms with van der Waals surface area (Å²) in [6.07, 6.45) is 14.1. The minimum atomic E-state index is -3.23. The monoisotopic (exact) mass is 544 g/mol. The topological polar surface area (TPSA) is 89.7 Å². The molecular formula is C28H49BN6O2S. The predicted molar refractivity (Wildman–Crippen MR) is 159 cm³/mol. The van der Waals surface area contributed by atoms with Crippen LogP contribution in [0, 0.1) is 23.2 Å². The lowest BCUT2D eigenvalue weighted by atomic mass is 9.70. The number of nitrogens with zero attached hydrogens (tertiary/aromatic N) is 5. The second-order valence-electron chi connectivity index (χ2n) is 13.2. The van der Waals surface area contributed by atoms with E-state index in [0.29, 0.717) is 42.1 Å². The molecule has 0 aromatic rings. The molecule has 5 aliphatic rings. The molecule has 212 valence electrons. The molecule has 38 heavy (non-hydrogen) atoms. The van der Waals surface area contributed by atoms with E-state index in [1.165, 1.54) is 12.1 Å². The molecule has 1 saturated heterocycles. The lowest BCUT2D eigenvalue weighted by Crippen LogP contribution is -2.53. The highest BCUT2D eigenvalue weighted by atomic mass is 32.2. The van der Waals surface area contributed by atoms with Gasteiger partial charge in [-0.25, -0.2) is 12.7 Å². The van der Waals surface area contributed by atoms with Crippen LogP contribution in [0.1, 0.15) is 85.0 Å². The van der Waals surface area contributed by atoms with E-state index in [9.17, 15) is 8.42 Å². The van der Waals surface area contributed by atoms with Gasteiger partial charge in [0.15, 0.2) is 0 Å². The number of piperidine rings is 1. The number of fused-ring (bicyclic) bond motifs is 1. The summed E-state index contributed by atoms with van der Waals surface area (Å²) in [6, 6.07) is 0. The van der Waals surface area contributed by atoms with E-state index in [1.54, 1.807) is 0 Å². The molecule has 4 heterocycles. The third kappa shape index (κ3) is 5.92. The van der Waals surface area contributed by atoms with Crippen LogP contribution >= 0.6 is 0 Å². The fraction of sp³-hybridized carbons (Fsp3) is 0.893. The summed E-state index contributed by atoms with van der Waals surface area (Å²) in [7, 11) is -1.03. The number of hydrazone groups is 1. The molecular weight excluding hydrogens is 495 g/mol. The van der Waals surface area contributed by atoms with Crippen LogP contribution in [0.2, 0.25) is 5.82 Å². The van der Waals surface area contributed by atoms with Crippen molar-refractivity contribution in [2.75, 3.05) is 26.2 Å². The van der Waals surface area contributed by atoms with E-state index >= 15 is 0 Å². The first kappa shape index (κ1) is 28.3. The van der Waals surface area contributed by atoms with Crippen molar-refractivity contribution >= 4 is 36.0 Å². The molecule has 0 bridgehead atoms. The lowest BCUT2D eigenvalue weighted by molar-refractivity contribution is 0.122. The van der Waals surface area contributed by atoms with Crippen molar-refractivity contribution in [3.05, 3.63) is 0 Å². The molecule has 8 nitrogen and oxygen atoms in total. The predicted octanol–water partition coefficient (Wildman–Crippen LogP) is 3.31. The van der Waals surface area contributed by atoms with Gasteiger partial charge in [0.05, 0.1) is 5.25 Å². The fourth-order valence-corrected chi connectivity index (χ4v) is 9.24. The summed E-state index contributed by atoms with van der Waals surface area (Å²) in [5.74, 6) is 1.88. The van der Waals surface area contributed by atoms with Crippen molar-refractivity contribution in [1.29, 1.82) is 0 Å². The molecule has 0 spiro atoms. The smallest absolute Gasteiger partial charge is 0.216 e. The van der Waals surface area contributed by atoms with Crippen LogP contribution in [-0.4, -0.2) is 87.5 Å². The lowest BCUT2D eigenvalue weighted by Gasteiger charge is -2.42. The number of hydrogen-bond acceptors (Lipinski definition) is 7. The van der Waals surface area contributed by atoms with Crippen LogP contribution in [0.4, 0.5) is 0 Å². The Labute approximate surface area is 231 Å². The van der Waals surface area contributed by atoms with Gasteiger partial charge in [-0.15, -0.1) is 0 Å². The zero-order valence-electron chi connectivity index (χ0n) is 24.1. The highest BCUT2D eigenvalue weighted by Crippen LogP contribution is 2.42. The van der Waals surface area contributed by atoms with Crippen LogP contribution < -0.4 is 5.32 Å². The Bertz CT molecular complexity index is 1010. The van der Waals surface area contributed by atoms with Gasteiger partial charge in [0.25, 0.3) is 0 Å². The van der Waals surface area contributed by atoms with Crippen LogP contribution in [0.15, 0.2) is 15.1 Å². The number of nitrogens with one attached hydrogen (secondary N) is 1. The molecule has 0 aromatic heterocycles. The summed E-state index contributed by atoms with van der Waals surface area (Å²) in [5.41, 5.74) is 1.57. The van der Waals surface area contributed by atoms with Gasteiger partial charge in [-0.2, -0.15) is 5.10 Å². The zero-order chi connectivity index (χ0) is 26.9. The molecule has 1 N–H and O–H groups in total. The van der Waals surface area contributed by atoms with Gasteiger partial charge in [-0.05, 0) is 80.7 Å². The van der Waals surface area contributed by atoms with Gasteiger partial charge in [0.2, 0.25) is 10.0 Å². The van der Waals surface area contributed by atoms with Gasteiger partial charge in [0.1, 0.15) is 20.2 Å². The van der Waals surface area contributed by atoms with E-state index in [-0.39, 0.29) is 17.6 Å². The molecule has 4 aliphatic heterocycles. The van der Waals surface area contributed by atoms with Crippen LogP contribution in [0.5, 0.6) is 0 Å². The van der Waals surface area contributed by atoms with Gasteiger partial charge >= 0.3 is 0 Å². The minimum Gasteiger partial charge on any atom is -0.297 e. The molecule has 4 atom stereocenters. The molecule has 4 unspecified atom stereocenters. The van der Waals surface area contributed by atoms with E-state index in [4.69, 9.17) is 10.1 Å². The van der Waals surface area contributed by atoms with Gasteiger partial charge in [0, 0.05) is 50.3 Å². The summed E-state index contributed by atoms with van der Waals surface area (Å²) < 4.78 is 29.0. The third-order valence-electron chi connectivity index (χ3n) is 10.4. The van der Waals surface area contributed by atoms with Crippen LogP contribution in [0.25, 0.3) is 0 Å². The minimum absolute atomic E-state index is 0.0601. The van der Waals surface area contributed by atoms with Crippen LogP contribution in [0.3, 0.4) is 0 Å². The van der Waals surface area contributed by atoms with Crippen molar-refractivity contribution in [3.8, 4) is 0 Å². The Morgan fingerprint density at radius 3 is 2.50 bits per heavy atom. The average molecular weight is 545 g/mol.